The molecule has 0 aromatic carbocycles. The molecule has 0 aliphatic rings. The first-order chi connectivity index (χ1) is 26.3. The number of carbonyl (C=O) groups excluding carboxylic acids is 2. The van der Waals surface area contributed by atoms with Crippen molar-refractivity contribution in [1.82, 2.24) is 9.80 Å². The zero-order chi connectivity index (χ0) is 40.3. The molecule has 0 amide bonds. The minimum Gasteiger partial charge on any atom is -0.550 e. The average molecular weight is 805 g/mol. The van der Waals surface area contributed by atoms with Crippen LogP contribution in [-0.2, 0) is 9.59 Å². The summed E-state index contributed by atoms with van der Waals surface area (Å²) >= 11 is 0. The summed E-state index contributed by atoms with van der Waals surface area (Å²) in [5.41, 5.74) is 0. The molecule has 0 bridgehead atoms. The Labute approximate surface area is 374 Å². The van der Waals surface area contributed by atoms with Gasteiger partial charge in [-0.15, -0.1) is 0 Å². The van der Waals surface area contributed by atoms with Crippen molar-refractivity contribution in [3.05, 3.63) is 0 Å². The molecule has 55 heavy (non-hydrogen) atoms. The van der Waals surface area contributed by atoms with Gasteiger partial charge in [-0.2, -0.15) is 0 Å². The number of hydrogen-bond acceptors (Lipinski definition) is 6. The molecule has 2 atom stereocenters. The van der Waals surface area contributed by atoms with Crippen LogP contribution < -0.4 is 10.2 Å². The van der Waals surface area contributed by atoms with E-state index >= 15 is 0 Å². The summed E-state index contributed by atoms with van der Waals surface area (Å²) in [5, 5.41) is 21.2. The van der Waals surface area contributed by atoms with Gasteiger partial charge in [0, 0.05) is 24.0 Å². The first kappa shape index (κ1) is 59.4. The van der Waals surface area contributed by atoms with Gasteiger partial charge < -0.3 is 29.6 Å². The van der Waals surface area contributed by atoms with Crippen molar-refractivity contribution in [3.8, 4) is 0 Å². The molecule has 7 heteroatoms. The third-order valence-electron chi connectivity index (χ3n) is 11.5. The van der Waals surface area contributed by atoms with E-state index in [1.807, 2.05) is 0 Å². The summed E-state index contributed by atoms with van der Waals surface area (Å²) in [6.07, 6.45) is 41.1. The molecule has 0 radical (unpaired) electrons. The second-order valence-electron chi connectivity index (χ2n) is 16.5. The van der Waals surface area contributed by atoms with E-state index in [1.54, 1.807) is 0 Å². The molecule has 0 heterocycles. The van der Waals surface area contributed by atoms with E-state index in [-0.39, 0.29) is 50.6 Å². The quantitative estimate of drug-likeness (QED) is 0.0451. The zero-order valence-corrected chi connectivity index (χ0v) is 40.5. The molecule has 0 aromatic rings. The van der Waals surface area contributed by atoms with Gasteiger partial charge in [-0.3, -0.25) is 0 Å². The van der Waals surface area contributed by atoms with Crippen LogP contribution in [0, 0.1) is 0 Å². The van der Waals surface area contributed by atoms with E-state index in [9.17, 15) is 19.8 Å². The summed E-state index contributed by atoms with van der Waals surface area (Å²) in [4.78, 5) is 26.7. The molecule has 0 aromatic heterocycles. The predicted octanol–water partition coefficient (Wildman–Crippen LogP) is 11.8. The molecule has 0 saturated heterocycles. The van der Waals surface area contributed by atoms with Crippen LogP contribution in [0.1, 0.15) is 260 Å². The number of rotatable bonds is 42. The first-order valence-electron chi connectivity index (χ1n) is 24.2. The van der Waals surface area contributed by atoms with Gasteiger partial charge in [0.1, 0.15) is 0 Å². The maximum absolute atomic E-state index is 10.6. The topological polar surface area (TPSA) is 86.7 Å². The summed E-state index contributed by atoms with van der Waals surface area (Å²) in [7, 11) is 0. The summed E-state index contributed by atoms with van der Waals surface area (Å²) in [6.45, 7) is 18.6. The summed E-state index contributed by atoms with van der Waals surface area (Å²) in [5.74, 6) is -1.81. The number of carbonyl (C=O) groups is 2. The number of carboxylic acids is 2. The third-order valence-corrected chi connectivity index (χ3v) is 11.5. The van der Waals surface area contributed by atoms with Gasteiger partial charge in [-0.05, 0) is 103 Å². The second kappa shape index (κ2) is 48.5. The largest absolute Gasteiger partial charge is 2.00 e. The van der Waals surface area contributed by atoms with Crippen LogP contribution in [0.25, 0.3) is 0 Å². The molecular formula is C48H96CaN2O4. The van der Waals surface area contributed by atoms with Crippen LogP contribution >= 0.6 is 0 Å². The third kappa shape index (κ3) is 43.5. The fourth-order valence-corrected chi connectivity index (χ4v) is 7.92. The Morgan fingerprint density at radius 3 is 0.818 bits per heavy atom. The monoisotopic (exact) mass is 805 g/mol. The van der Waals surface area contributed by atoms with E-state index in [0.29, 0.717) is 12.1 Å². The van der Waals surface area contributed by atoms with E-state index in [4.69, 9.17) is 0 Å². The van der Waals surface area contributed by atoms with E-state index in [1.165, 1.54) is 193 Å². The molecule has 0 aliphatic heterocycles. The smallest absolute Gasteiger partial charge is 0.550 e. The zero-order valence-electron chi connectivity index (χ0n) is 38.3. The maximum Gasteiger partial charge on any atom is 2.00 e. The van der Waals surface area contributed by atoms with Gasteiger partial charge >= 0.3 is 37.7 Å². The number of carboxylic acid groups (broad SMARTS) is 2. The van der Waals surface area contributed by atoms with Crippen molar-refractivity contribution >= 4 is 49.7 Å². The predicted molar refractivity (Wildman–Crippen MR) is 238 cm³/mol. The van der Waals surface area contributed by atoms with Gasteiger partial charge in [0.2, 0.25) is 0 Å². The standard InChI is InChI=1S/2C24H49NO2.Ca/c2*1-4-7-9-11-13-17-21-25(22-18-14-12-10-8-5-2)23(6-3)19-15-16-20-24(26)27;/h2*23H,4-22H2,1-3H3,(H,26,27);/q;;+2/p-2. The van der Waals surface area contributed by atoms with Gasteiger partial charge in [0.25, 0.3) is 0 Å². The molecule has 6 nitrogen and oxygen atoms in total. The average Bonchev–Trinajstić information content (AvgIpc) is 3.16. The van der Waals surface area contributed by atoms with Crippen molar-refractivity contribution in [1.29, 1.82) is 0 Å². The van der Waals surface area contributed by atoms with Crippen LogP contribution in [0.15, 0.2) is 0 Å². The Hall–Kier alpha value is 0.120. The molecule has 0 spiro atoms. The molecule has 2 unspecified atom stereocenters. The van der Waals surface area contributed by atoms with E-state index in [2.05, 4.69) is 51.3 Å². The van der Waals surface area contributed by atoms with E-state index < -0.39 is 11.9 Å². The van der Waals surface area contributed by atoms with Crippen LogP contribution in [0.5, 0.6) is 0 Å². The Kier molecular flexibility index (Phi) is 52.4. The van der Waals surface area contributed by atoms with Crippen molar-refractivity contribution < 1.29 is 19.8 Å². The van der Waals surface area contributed by atoms with Crippen LogP contribution in [0.3, 0.4) is 0 Å². The maximum atomic E-state index is 10.6. The molecule has 0 aliphatic carbocycles. The minimum absolute atomic E-state index is 0. The number of hydrogen-bond donors (Lipinski definition) is 0. The normalized spacial score (nSPS) is 12.4. The molecule has 0 N–H and O–H groups in total. The van der Waals surface area contributed by atoms with Gasteiger partial charge in [-0.25, -0.2) is 0 Å². The number of aliphatic carboxylic acids is 2. The Bertz CT molecular complexity index is 676. The van der Waals surface area contributed by atoms with Crippen molar-refractivity contribution in [3.63, 3.8) is 0 Å². The molecule has 0 fully saturated rings. The second-order valence-corrected chi connectivity index (χ2v) is 16.5. The molecule has 324 valence electrons. The summed E-state index contributed by atoms with van der Waals surface area (Å²) in [6, 6.07) is 1.25. The van der Waals surface area contributed by atoms with Crippen LogP contribution in [-0.4, -0.2) is 97.7 Å². The van der Waals surface area contributed by atoms with Crippen molar-refractivity contribution in [2.75, 3.05) is 26.2 Å². The summed E-state index contributed by atoms with van der Waals surface area (Å²) < 4.78 is 0. The number of nitrogens with zero attached hydrogens (tertiary/aromatic N) is 2. The fourth-order valence-electron chi connectivity index (χ4n) is 7.92. The van der Waals surface area contributed by atoms with Gasteiger partial charge in [0.15, 0.2) is 0 Å². The van der Waals surface area contributed by atoms with Crippen LogP contribution in [0.4, 0.5) is 0 Å². The molecule has 0 rings (SSSR count). The van der Waals surface area contributed by atoms with Crippen molar-refractivity contribution in [2.24, 2.45) is 0 Å². The minimum atomic E-state index is -0.904. The molecular weight excluding hydrogens is 709 g/mol. The Balaban J connectivity index is -0.000000966. The SMILES string of the molecule is CCCCCCCCN(CCCCCCCC)C(CC)CCCCC(=O)[O-].CCCCCCCCN(CCCCCCCC)C(CC)CCCCC(=O)[O-].[Ca+2]. The number of unbranched alkanes of at least 4 members (excludes halogenated alkanes) is 22. The van der Waals surface area contributed by atoms with E-state index in [0.717, 1.165) is 38.5 Å². The first-order valence-corrected chi connectivity index (χ1v) is 24.2. The van der Waals surface area contributed by atoms with Crippen LogP contribution in [0.2, 0.25) is 0 Å². The van der Waals surface area contributed by atoms with Gasteiger partial charge in [0.05, 0.1) is 0 Å². The molecule has 0 saturated carbocycles. The fraction of sp³-hybridized carbons (Fsp3) is 0.958. The Morgan fingerprint density at radius 1 is 0.364 bits per heavy atom. The van der Waals surface area contributed by atoms with Crippen molar-refractivity contribution in [2.45, 2.75) is 272 Å². The van der Waals surface area contributed by atoms with Gasteiger partial charge in [-0.1, -0.05) is 183 Å². The Morgan fingerprint density at radius 2 is 0.600 bits per heavy atom.